The minimum Gasteiger partial charge on any atom is -0.395 e. The normalized spacial score (nSPS) is 11.1. The van der Waals surface area contributed by atoms with Crippen LogP contribution < -0.4 is 0 Å². The van der Waals surface area contributed by atoms with Crippen molar-refractivity contribution in [3.63, 3.8) is 0 Å². The van der Waals surface area contributed by atoms with Gasteiger partial charge in [-0.3, -0.25) is 4.90 Å². The summed E-state index contributed by atoms with van der Waals surface area (Å²) in [5.41, 5.74) is 0. The highest BCUT2D eigenvalue weighted by Gasteiger charge is 2.02. The predicted octanol–water partition coefficient (Wildman–Crippen LogP) is -1.05. The molecule has 0 amide bonds. The van der Waals surface area contributed by atoms with Crippen molar-refractivity contribution in [1.29, 1.82) is 0 Å². The molecule has 1 heterocycles. The van der Waals surface area contributed by atoms with E-state index in [-0.39, 0.29) is 13.2 Å². The molecule has 1 rings (SSSR count). The average Bonchev–Trinajstić information content (AvgIpc) is 2.71. The van der Waals surface area contributed by atoms with Gasteiger partial charge in [0, 0.05) is 26.2 Å². The fraction of sp³-hybridized carbons (Fsp3) is 0.778. The van der Waals surface area contributed by atoms with Crippen molar-refractivity contribution in [2.24, 2.45) is 0 Å². The van der Waals surface area contributed by atoms with Crippen LogP contribution in [0.3, 0.4) is 0 Å². The van der Waals surface area contributed by atoms with Gasteiger partial charge in [-0.1, -0.05) is 0 Å². The first-order chi connectivity index (χ1) is 7.36. The van der Waals surface area contributed by atoms with E-state index in [0.29, 0.717) is 13.1 Å². The molecule has 15 heavy (non-hydrogen) atoms. The van der Waals surface area contributed by atoms with E-state index >= 15 is 0 Å². The third-order valence-corrected chi connectivity index (χ3v) is 2.19. The summed E-state index contributed by atoms with van der Waals surface area (Å²) in [5.74, 6) is 0. The fourth-order valence-electron chi connectivity index (χ4n) is 1.43. The summed E-state index contributed by atoms with van der Waals surface area (Å²) in [5, 5.41) is 25.0. The molecular weight excluding hydrogens is 196 g/mol. The Bertz CT molecular complexity index is 234. The molecule has 0 atom stereocenters. The Morgan fingerprint density at radius 3 is 2.13 bits per heavy atom. The zero-order chi connectivity index (χ0) is 10.9. The van der Waals surface area contributed by atoms with Crippen molar-refractivity contribution in [2.75, 3.05) is 32.8 Å². The Balaban J connectivity index is 2.15. The molecule has 0 fully saturated rings. The Hall–Kier alpha value is -0.980. The fourth-order valence-corrected chi connectivity index (χ4v) is 1.43. The summed E-state index contributed by atoms with van der Waals surface area (Å²) in [7, 11) is 0. The lowest BCUT2D eigenvalue weighted by molar-refractivity contribution is 0.158. The topological polar surface area (TPSA) is 74.4 Å². The van der Waals surface area contributed by atoms with Gasteiger partial charge in [-0.2, -0.15) is 0 Å². The van der Waals surface area contributed by atoms with E-state index in [1.54, 1.807) is 12.7 Å². The molecule has 2 N–H and O–H groups in total. The Morgan fingerprint density at radius 2 is 1.60 bits per heavy atom. The molecular formula is C9H18N4O2. The van der Waals surface area contributed by atoms with E-state index in [2.05, 4.69) is 10.2 Å². The highest BCUT2D eigenvalue weighted by atomic mass is 16.3. The SMILES string of the molecule is OCCN(CCO)CCCn1cnnc1. The van der Waals surface area contributed by atoms with Crippen molar-refractivity contribution >= 4 is 0 Å². The molecule has 1 aromatic heterocycles. The monoisotopic (exact) mass is 214 g/mol. The number of aromatic nitrogens is 3. The Labute approximate surface area is 89.2 Å². The van der Waals surface area contributed by atoms with E-state index < -0.39 is 0 Å². The lowest BCUT2D eigenvalue weighted by Crippen LogP contribution is -2.31. The minimum atomic E-state index is 0.132. The second kappa shape index (κ2) is 7.33. The van der Waals surface area contributed by atoms with E-state index in [9.17, 15) is 0 Å². The smallest absolute Gasteiger partial charge is 0.119 e. The van der Waals surface area contributed by atoms with E-state index in [4.69, 9.17) is 10.2 Å². The predicted molar refractivity (Wildman–Crippen MR) is 55.3 cm³/mol. The first-order valence-electron chi connectivity index (χ1n) is 5.13. The maximum absolute atomic E-state index is 8.80. The van der Waals surface area contributed by atoms with Gasteiger partial charge >= 0.3 is 0 Å². The van der Waals surface area contributed by atoms with Gasteiger partial charge in [0.1, 0.15) is 12.7 Å². The number of rotatable bonds is 8. The van der Waals surface area contributed by atoms with Crippen LogP contribution in [0.15, 0.2) is 12.7 Å². The van der Waals surface area contributed by atoms with Crippen molar-refractivity contribution in [3.8, 4) is 0 Å². The second-order valence-corrected chi connectivity index (χ2v) is 3.34. The molecule has 0 saturated heterocycles. The molecule has 6 nitrogen and oxygen atoms in total. The molecule has 6 heteroatoms. The largest absolute Gasteiger partial charge is 0.395 e. The molecule has 0 aliphatic heterocycles. The second-order valence-electron chi connectivity index (χ2n) is 3.34. The van der Waals surface area contributed by atoms with Crippen LogP contribution in [0.25, 0.3) is 0 Å². The number of aryl methyl sites for hydroxylation is 1. The van der Waals surface area contributed by atoms with Gasteiger partial charge in [0.05, 0.1) is 13.2 Å². The van der Waals surface area contributed by atoms with Gasteiger partial charge in [-0.05, 0) is 6.42 Å². The van der Waals surface area contributed by atoms with Gasteiger partial charge in [0.15, 0.2) is 0 Å². The molecule has 0 spiro atoms. The highest BCUT2D eigenvalue weighted by molar-refractivity contribution is 4.62. The third kappa shape index (κ3) is 4.87. The van der Waals surface area contributed by atoms with Gasteiger partial charge in [0.25, 0.3) is 0 Å². The van der Waals surface area contributed by atoms with E-state index in [1.807, 2.05) is 9.47 Å². The van der Waals surface area contributed by atoms with Crippen LogP contribution in [0.1, 0.15) is 6.42 Å². The quantitative estimate of drug-likeness (QED) is 0.578. The van der Waals surface area contributed by atoms with Crippen molar-refractivity contribution in [2.45, 2.75) is 13.0 Å². The molecule has 0 saturated carbocycles. The van der Waals surface area contributed by atoms with Crippen LogP contribution >= 0.6 is 0 Å². The summed E-state index contributed by atoms with van der Waals surface area (Å²) in [6, 6.07) is 0. The maximum Gasteiger partial charge on any atom is 0.119 e. The summed E-state index contributed by atoms with van der Waals surface area (Å²) < 4.78 is 1.91. The molecule has 0 bridgehead atoms. The van der Waals surface area contributed by atoms with Crippen LogP contribution in [0.5, 0.6) is 0 Å². The van der Waals surface area contributed by atoms with Crippen LogP contribution in [0.2, 0.25) is 0 Å². The zero-order valence-electron chi connectivity index (χ0n) is 8.79. The minimum absolute atomic E-state index is 0.132. The molecule has 86 valence electrons. The van der Waals surface area contributed by atoms with Crippen LogP contribution in [-0.4, -0.2) is 62.7 Å². The maximum atomic E-state index is 8.80. The van der Waals surface area contributed by atoms with E-state index in [1.165, 1.54) is 0 Å². The molecule has 0 aromatic carbocycles. The summed E-state index contributed by atoms with van der Waals surface area (Å²) in [6.07, 6.45) is 4.32. The highest BCUT2D eigenvalue weighted by Crippen LogP contribution is 1.94. The first-order valence-corrected chi connectivity index (χ1v) is 5.13. The Morgan fingerprint density at radius 1 is 1.00 bits per heavy atom. The molecule has 0 unspecified atom stereocenters. The number of hydrogen-bond donors (Lipinski definition) is 2. The van der Waals surface area contributed by atoms with Gasteiger partial charge < -0.3 is 14.8 Å². The van der Waals surface area contributed by atoms with Crippen molar-refractivity contribution < 1.29 is 10.2 Å². The van der Waals surface area contributed by atoms with Gasteiger partial charge in [-0.15, -0.1) is 10.2 Å². The molecule has 0 radical (unpaired) electrons. The molecule has 0 aliphatic carbocycles. The summed E-state index contributed by atoms with van der Waals surface area (Å²) in [6.45, 7) is 3.21. The lowest BCUT2D eigenvalue weighted by Gasteiger charge is -2.19. The molecule has 1 aromatic rings. The first kappa shape index (κ1) is 12.1. The molecule has 0 aliphatic rings. The van der Waals surface area contributed by atoms with Crippen LogP contribution in [0.4, 0.5) is 0 Å². The number of nitrogens with zero attached hydrogens (tertiary/aromatic N) is 4. The van der Waals surface area contributed by atoms with Crippen molar-refractivity contribution in [3.05, 3.63) is 12.7 Å². The summed E-state index contributed by atoms with van der Waals surface area (Å²) in [4.78, 5) is 2.03. The Kier molecular flexibility index (Phi) is 5.91. The van der Waals surface area contributed by atoms with Gasteiger partial charge in [-0.25, -0.2) is 0 Å². The van der Waals surface area contributed by atoms with E-state index in [0.717, 1.165) is 19.5 Å². The number of hydrogen-bond acceptors (Lipinski definition) is 5. The van der Waals surface area contributed by atoms with Crippen LogP contribution in [0, 0.1) is 0 Å². The average molecular weight is 214 g/mol. The van der Waals surface area contributed by atoms with Crippen LogP contribution in [-0.2, 0) is 6.54 Å². The summed E-state index contributed by atoms with van der Waals surface area (Å²) >= 11 is 0. The zero-order valence-corrected chi connectivity index (χ0v) is 8.79. The van der Waals surface area contributed by atoms with Gasteiger partial charge in [0.2, 0.25) is 0 Å². The third-order valence-electron chi connectivity index (χ3n) is 2.19. The van der Waals surface area contributed by atoms with Crippen molar-refractivity contribution in [1.82, 2.24) is 19.7 Å². The lowest BCUT2D eigenvalue weighted by atomic mass is 10.3. The number of aliphatic hydroxyl groups is 2. The number of aliphatic hydroxyl groups excluding tert-OH is 2. The standard InChI is InChI=1S/C9H18N4O2/c14-6-4-12(5-7-15)2-1-3-13-8-10-11-9-13/h8-9,14-15H,1-7H2.